The van der Waals surface area contributed by atoms with Gasteiger partial charge in [0.05, 0.1) is 0 Å². The molecule has 0 aliphatic carbocycles. The van der Waals surface area contributed by atoms with Crippen molar-refractivity contribution in [1.29, 1.82) is 0 Å². The van der Waals surface area contributed by atoms with Crippen LogP contribution in [0.2, 0.25) is 0 Å². The molecule has 2 fully saturated rings. The first-order chi connectivity index (χ1) is 14.7. The third-order valence-corrected chi connectivity index (χ3v) is 6.37. The minimum Gasteiger partial charge on any atom is -0.331 e. The maximum absolute atomic E-state index is 13.4. The summed E-state index contributed by atoms with van der Waals surface area (Å²) in [7, 11) is 0. The van der Waals surface area contributed by atoms with Gasteiger partial charge in [0, 0.05) is 23.8 Å². The number of benzene rings is 1. The van der Waals surface area contributed by atoms with Crippen LogP contribution in [0.3, 0.4) is 0 Å². The van der Waals surface area contributed by atoms with Gasteiger partial charge in [-0.3, -0.25) is 4.79 Å². The highest BCUT2D eigenvalue weighted by molar-refractivity contribution is 5.94. The van der Waals surface area contributed by atoms with Crippen molar-refractivity contribution >= 4 is 11.6 Å². The Morgan fingerprint density at radius 2 is 1.71 bits per heavy atom. The van der Waals surface area contributed by atoms with Crippen LogP contribution in [0.4, 0.5) is 17.6 Å². The summed E-state index contributed by atoms with van der Waals surface area (Å²) in [6.45, 7) is 1.48. The number of amides is 1. The highest BCUT2D eigenvalue weighted by atomic mass is 19.4. The molecule has 4 heterocycles. The summed E-state index contributed by atoms with van der Waals surface area (Å²) in [6, 6.07) is 8.68. The summed E-state index contributed by atoms with van der Waals surface area (Å²) in [5.74, 6) is -0.418. The third kappa shape index (κ3) is 3.45. The number of hydrogen-bond donors (Lipinski definition) is 0. The molecule has 9 heteroatoms. The summed E-state index contributed by atoms with van der Waals surface area (Å²) in [5, 5.41) is 3.98. The zero-order valence-electron chi connectivity index (χ0n) is 16.7. The predicted octanol–water partition coefficient (Wildman–Crippen LogP) is 4.75. The Kier molecular flexibility index (Phi) is 4.53. The molecule has 0 saturated carbocycles. The summed E-state index contributed by atoms with van der Waals surface area (Å²) in [6.07, 6.45) is -1.44. The molecule has 0 spiro atoms. The maximum Gasteiger partial charge on any atom is 0.433 e. The van der Waals surface area contributed by atoms with Crippen molar-refractivity contribution in [3.8, 4) is 0 Å². The highest BCUT2D eigenvalue weighted by Gasteiger charge is 2.44. The smallest absolute Gasteiger partial charge is 0.331 e. The van der Waals surface area contributed by atoms with E-state index in [9.17, 15) is 22.4 Å². The highest BCUT2D eigenvalue weighted by Crippen LogP contribution is 2.43. The summed E-state index contributed by atoms with van der Waals surface area (Å²) in [5.41, 5.74) is 0.281. The predicted molar refractivity (Wildman–Crippen MR) is 104 cm³/mol. The van der Waals surface area contributed by atoms with Crippen molar-refractivity contribution in [2.24, 2.45) is 0 Å². The molecule has 2 aliphatic rings. The van der Waals surface area contributed by atoms with E-state index < -0.39 is 11.9 Å². The molecule has 0 N–H and O–H groups in total. The normalized spacial score (nSPS) is 23.5. The number of halogens is 4. The van der Waals surface area contributed by atoms with Gasteiger partial charge in [-0.15, -0.1) is 0 Å². The number of aryl methyl sites for hydroxylation is 1. The van der Waals surface area contributed by atoms with Crippen molar-refractivity contribution < 1.29 is 22.4 Å². The van der Waals surface area contributed by atoms with Gasteiger partial charge in [-0.25, -0.2) is 13.9 Å². The second-order valence-electron chi connectivity index (χ2n) is 8.40. The Balaban J connectivity index is 1.43. The van der Waals surface area contributed by atoms with Crippen LogP contribution in [-0.4, -0.2) is 37.5 Å². The molecule has 2 aliphatic heterocycles. The Morgan fingerprint density at radius 1 is 1.06 bits per heavy atom. The van der Waals surface area contributed by atoms with Crippen LogP contribution in [-0.2, 0) is 6.18 Å². The van der Waals surface area contributed by atoms with Crippen molar-refractivity contribution in [1.82, 2.24) is 19.5 Å². The van der Waals surface area contributed by atoms with Crippen molar-refractivity contribution in [2.75, 3.05) is 0 Å². The second-order valence-corrected chi connectivity index (χ2v) is 8.40. The molecule has 2 atom stereocenters. The van der Waals surface area contributed by atoms with Gasteiger partial charge in [-0.2, -0.15) is 18.3 Å². The number of nitrogens with zero attached hydrogens (tertiary/aromatic N) is 4. The van der Waals surface area contributed by atoms with Gasteiger partial charge < -0.3 is 4.90 Å². The van der Waals surface area contributed by atoms with E-state index in [0.29, 0.717) is 4.52 Å². The molecular weight excluding hydrogens is 412 g/mol. The number of hydrogen-bond acceptors (Lipinski definition) is 3. The summed E-state index contributed by atoms with van der Waals surface area (Å²) >= 11 is 0. The number of fused-ring (bicyclic) bond motifs is 3. The molecule has 31 heavy (non-hydrogen) atoms. The molecule has 3 aromatic rings. The zero-order chi connectivity index (χ0) is 21.9. The summed E-state index contributed by atoms with van der Waals surface area (Å²) < 4.78 is 54.2. The minimum atomic E-state index is -4.61. The fraction of sp³-hybridized carbons (Fsp3) is 0.409. The topological polar surface area (TPSA) is 50.5 Å². The van der Waals surface area contributed by atoms with E-state index in [1.54, 1.807) is 17.0 Å². The van der Waals surface area contributed by atoms with E-state index in [4.69, 9.17) is 0 Å². The van der Waals surface area contributed by atoms with Crippen LogP contribution in [0.1, 0.15) is 59.0 Å². The lowest BCUT2D eigenvalue weighted by Crippen LogP contribution is -2.46. The van der Waals surface area contributed by atoms with Gasteiger partial charge in [-0.05, 0) is 62.3 Å². The number of aromatic nitrogens is 3. The second kappa shape index (κ2) is 7.03. The standard InChI is InChI=1S/C22H20F4N4O/c1-12-8-19(22(24,25)26)30-20(27-12)11-18(28-30)21(31)29-16-6-7-17(29)10-14(9-16)13-2-4-15(23)5-3-13/h2-5,8,11,14,16-17H,6-7,9-10H2,1H3/t16-,17-/m0/s1. The molecular formula is C22H20F4N4O. The van der Waals surface area contributed by atoms with Crippen LogP contribution in [0.25, 0.3) is 5.65 Å². The van der Waals surface area contributed by atoms with Crippen molar-refractivity contribution in [2.45, 2.75) is 56.8 Å². The van der Waals surface area contributed by atoms with E-state index in [2.05, 4.69) is 10.1 Å². The van der Waals surface area contributed by atoms with E-state index >= 15 is 0 Å². The first-order valence-corrected chi connectivity index (χ1v) is 10.2. The monoisotopic (exact) mass is 432 g/mol. The van der Waals surface area contributed by atoms with Crippen molar-refractivity contribution in [3.05, 3.63) is 64.9 Å². The molecule has 2 saturated heterocycles. The lowest BCUT2D eigenvalue weighted by atomic mass is 9.85. The Hall–Kier alpha value is -2.97. The Bertz CT molecular complexity index is 1140. The van der Waals surface area contributed by atoms with Crippen LogP contribution < -0.4 is 0 Å². The van der Waals surface area contributed by atoms with Crippen LogP contribution >= 0.6 is 0 Å². The first-order valence-electron chi connectivity index (χ1n) is 10.2. The lowest BCUT2D eigenvalue weighted by molar-refractivity contribution is -0.142. The molecule has 5 nitrogen and oxygen atoms in total. The van der Waals surface area contributed by atoms with Gasteiger partial charge in [-0.1, -0.05) is 12.1 Å². The van der Waals surface area contributed by atoms with E-state index in [-0.39, 0.29) is 46.8 Å². The first kappa shape index (κ1) is 20.0. The molecule has 162 valence electrons. The number of carbonyl (C=O) groups excluding carboxylic acids is 1. The summed E-state index contributed by atoms with van der Waals surface area (Å²) in [4.78, 5) is 19.1. The van der Waals surface area contributed by atoms with Gasteiger partial charge in [0.25, 0.3) is 5.91 Å². The van der Waals surface area contributed by atoms with Gasteiger partial charge in [0.1, 0.15) is 11.5 Å². The molecule has 1 amide bonds. The number of carbonyl (C=O) groups is 1. The Morgan fingerprint density at radius 3 is 2.32 bits per heavy atom. The fourth-order valence-electron chi connectivity index (χ4n) is 5.05. The quantitative estimate of drug-likeness (QED) is 0.550. The van der Waals surface area contributed by atoms with Crippen LogP contribution in [0, 0.1) is 12.7 Å². The van der Waals surface area contributed by atoms with E-state index in [0.717, 1.165) is 37.3 Å². The van der Waals surface area contributed by atoms with Gasteiger partial charge in [0.15, 0.2) is 11.3 Å². The zero-order valence-corrected chi connectivity index (χ0v) is 16.7. The minimum absolute atomic E-state index is 0.00391. The molecule has 0 unspecified atom stereocenters. The molecule has 2 aromatic heterocycles. The van der Waals surface area contributed by atoms with E-state index in [1.165, 1.54) is 25.1 Å². The SMILES string of the molecule is Cc1cc(C(F)(F)F)n2nc(C(=O)N3[C@H]4CC[C@H]3CC(c3ccc(F)cc3)C4)cc2n1. The van der Waals surface area contributed by atoms with Crippen molar-refractivity contribution in [3.63, 3.8) is 0 Å². The van der Waals surface area contributed by atoms with Crippen LogP contribution in [0.5, 0.6) is 0 Å². The Labute approximate surface area is 175 Å². The van der Waals surface area contributed by atoms with Gasteiger partial charge >= 0.3 is 6.18 Å². The molecule has 1 aromatic carbocycles. The number of piperidine rings is 1. The maximum atomic E-state index is 13.4. The largest absolute Gasteiger partial charge is 0.433 e. The third-order valence-electron chi connectivity index (χ3n) is 6.37. The molecule has 0 radical (unpaired) electrons. The number of alkyl halides is 3. The lowest BCUT2D eigenvalue weighted by Gasteiger charge is -2.39. The van der Waals surface area contributed by atoms with Crippen LogP contribution in [0.15, 0.2) is 36.4 Å². The fourth-order valence-corrected chi connectivity index (χ4v) is 5.05. The average molecular weight is 432 g/mol. The molecule has 2 bridgehead atoms. The average Bonchev–Trinajstić information content (AvgIpc) is 3.24. The van der Waals surface area contributed by atoms with Gasteiger partial charge in [0.2, 0.25) is 0 Å². The number of rotatable bonds is 2. The van der Waals surface area contributed by atoms with E-state index in [1.807, 2.05) is 0 Å². The molecule has 5 rings (SSSR count).